The van der Waals surface area contributed by atoms with Crippen LogP contribution in [0.1, 0.15) is 25.7 Å². The highest BCUT2D eigenvalue weighted by atomic mass is 16.5. The van der Waals surface area contributed by atoms with Gasteiger partial charge < -0.3 is 19.4 Å². The summed E-state index contributed by atoms with van der Waals surface area (Å²) in [6.07, 6.45) is 5.39. The van der Waals surface area contributed by atoms with E-state index in [1.165, 1.54) is 6.33 Å². The summed E-state index contributed by atoms with van der Waals surface area (Å²) in [4.78, 5) is 36.0. The van der Waals surface area contributed by atoms with Crippen LogP contribution >= 0.6 is 0 Å². The maximum Gasteiger partial charge on any atom is 0.223 e. The molecule has 2 aliphatic heterocycles. The molecule has 0 bridgehead atoms. The van der Waals surface area contributed by atoms with E-state index >= 15 is 0 Å². The van der Waals surface area contributed by atoms with Crippen molar-refractivity contribution in [1.82, 2.24) is 29.5 Å². The van der Waals surface area contributed by atoms with Crippen molar-refractivity contribution in [3.05, 3.63) is 43.0 Å². The number of piperazine rings is 1. The van der Waals surface area contributed by atoms with Gasteiger partial charge in [-0.2, -0.15) is 5.10 Å². The SMILES string of the molecule is CN1CCN(C(=O)C[C@H]2CN(C(=O)CCCn3cncn3)CC[C@@H]2Oc2ccccc2)CC1. The molecular weight excluding hydrogens is 420 g/mol. The average molecular weight is 455 g/mol. The molecule has 2 amide bonds. The van der Waals surface area contributed by atoms with Gasteiger partial charge in [-0.25, -0.2) is 4.98 Å². The molecule has 33 heavy (non-hydrogen) atoms. The molecule has 9 nitrogen and oxygen atoms in total. The van der Waals surface area contributed by atoms with Crippen molar-refractivity contribution < 1.29 is 14.3 Å². The number of likely N-dealkylation sites (tertiary alicyclic amines) is 1. The van der Waals surface area contributed by atoms with Gasteiger partial charge in [0.25, 0.3) is 0 Å². The number of rotatable bonds is 8. The molecule has 0 unspecified atom stereocenters. The van der Waals surface area contributed by atoms with Gasteiger partial charge in [0.05, 0.1) is 0 Å². The quantitative estimate of drug-likeness (QED) is 0.601. The first-order valence-electron chi connectivity index (χ1n) is 11.9. The first-order valence-corrected chi connectivity index (χ1v) is 11.9. The van der Waals surface area contributed by atoms with Gasteiger partial charge in [-0.1, -0.05) is 18.2 Å². The zero-order valence-electron chi connectivity index (χ0n) is 19.4. The molecule has 2 saturated heterocycles. The molecule has 0 radical (unpaired) electrons. The second-order valence-electron chi connectivity index (χ2n) is 9.01. The normalized spacial score (nSPS) is 21.7. The minimum atomic E-state index is -0.0805. The summed E-state index contributed by atoms with van der Waals surface area (Å²) in [5.41, 5.74) is 0. The van der Waals surface area contributed by atoms with E-state index in [4.69, 9.17) is 4.74 Å². The predicted octanol–water partition coefficient (Wildman–Crippen LogP) is 1.52. The Labute approximate surface area is 195 Å². The van der Waals surface area contributed by atoms with Crippen molar-refractivity contribution in [2.75, 3.05) is 46.3 Å². The second-order valence-corrected chi connectivity index (χ2v) is 9.01. The standard InChI is InChI=1S/C24H34N6O3/c1-27-12-14-28(15-13-27)24(32)16-20-17-29(23(31)8-5-10-30-19-25-18-26-30)11-9-22(20)33-21-6-3-2-4-7-21/h2-4,6-7,18-20,22H,5,8-17H2,1H3/t20-,22-/m0/s1. The van der Waals surface area contributed by atoms with E-state index in [9.17, 15) is 9.59 Å². The number of amides is 2. The Kier molecular flexibility index (Phi) is 7.93. The molecule has 2 atom stereocenters. The van der Waals surface area contributed by atoms with Gasteiger partial charge in [0, 0.05) is 71.0 Å². The number of para-hydroxylation sites is 1. The molecule has 2 fully saturated rings. The molecule has 1 aromatic heterocycles. The van der Waals surface area contributed by atoms with Crippen LogP contribution in [-0.2, 0) is 16.1 Å². The number of ether oxygens (including phenoxy) is 1. The molecule has 0 N–H and O–H groups in total. The fraction of sp³-hybridized carbons (Fsp3) is 0.583. The van der Waals surface area contributed by atoms with Crippen LogP contribution in [0.2, 0.25) is 0 Å². The van der Waals surface area contributed by atoms with E-state index < -0.39 is 0 Å². The number of benzene rings is 1. The highest BCUT2D eigenvalue weighted by Gasteiger charge is 2.35. The molecule has 9 heteroatoms. The summed E-state index contributed by atoms with van der Waals surface area (Å²) in [7, 11) is 2.08. The van der Waals surface area contributed by atoms with Crippen molar-refractivity contribution in [2.24, 2.45) is 5.92 Å². The summed E-state index contributed by atoms with van der Waals surface area (Å²) in [6.45, 7) is 5.20. The van der Waals surface area contributed by atoms with Gasteiger partial charge in [0.1, 0.15) is 24.5 Å². The van der Waals surface area contributed by atoms with Crippen LogP contribution in [0.15, 0.2) is 43.0 Å². The summed E-state index contributed by atoms with van der Waals surface area (Å²) in [5.74, 6) is 1.08. The van der Waals surface area contributed by atoms with Crippen LogP contribution in [0, 0.1) is 5.92 Å². The van der Waals surface area contributed by atoms with E-state index in [0.29, 0.717) is 38.9 Å². The highest BCUT2D eigenvalue weighted by molar-refractivity contribution is 5.78. The van der Waals surface area contributed by atoms with Gasteiger partial charge in [-0.05, 0) is 25.6 Å². The average Bonchev–Trinajstić information content (AvgIpc) is 3.35. The smallest absolute Gasteiger partial charge is 0.223 e. The second kappa shape index (κ2) is 11.3. The predicted molar refractivity (Wildman–Crippen MR) is 123 cm³/mol. The number of carbonyl (C=O) groups excluding carboxylic acids is 2. The van der Waals surface area contributed by atoms with Crippen molar-refractivity contribution in [2.45, 2.75) is 38.3 Å². The number of nitrogens with zero attached hydrogens (tertiary/aromatic N) is 6. The Hall–Kier alpha value is -2.94. The Morgan fingerprint density at radius 1 is 1.03 bits per heavy atom. The van der Waals surface area contributed by atoms with Gasteiger partial charge >= 0.3 is 0 Å². The summed E-state index contributed by atoms with van der Waals surface area (Å²) < 4.78 is 8.04. The molecule has 3 heterocycles. The Bertz CT molecular complexity index is 883. The van der Waals surface area contributed by atoms with E-state index in [0.717, 1.165) is 38.3 Å². The van der Waals surface area contributed by atoms with E-state index in [1.54, 1.807) is 11.0 Å². The topological polar surface area (TPSA) is 83.8 Å². The molecule has 0 aliphatic carbocycles. The van der Waals surface area contributed by atoms with Crippen molar-refractivity contribution in [3.63, 3.8) is 0 Å². The first kappa shape index (κ1) is 23.2. The highest BCUT2D eigenvalue weighted by Crippen LogP contribution is 2.27. The largest absolute Gasteiger partial charge is 0.490 e. The third-order valence-electron chi connectivity index (χ3n) is 6.58. The van der Waals surface area contributed by atoms with Gasteiger partial charge in [0.15, 0.2) is 0 Å². The van der Waals surface area contributed by atoms with E-state index in [-0.39, 0.29) is 23.8 Å². The number of hydrogen-bond donors (Lipinski definition) is 0. The van der Waals surface area contributed by atoms with Crippen LogP contribution in [0.3, 0.4) is 0 Å². The van der Waals surface area contributed by atoms with Crippen LogP contribution in [-0.4, -0.2) is 93.7 Å². The number of carbonyl (C=O) groups is 2. The van der Waals surface area contributed by atoms with Crippen LogP contribution in [0.5, 0.6) is 5.75 Å². The Morgan fingerprint density at radius 3 is 2.55 bits per heavy atom. The molecule has 2 aromatic rings. The maximum absolute atomic E-state index is 13.1. The lowest BCUT2D eigenvalue weighted by atomic mass is 9.90. The summed E-state index contributed by atoms with van der Waals surface area (Å²) in [6, 6.07) is 9.75. The zero-order chi connectivity index (χ0) is 23.0. The number of piperidine rings is 1. The van der Waals surface area contributed by atoms with Crippen molar-refractivity contribution in [3.8, 4) is 5.75 Å². The summed E-state index contributed by atoms with van der Waals surface area (Å²) in [5, 5.41) is 4.09. The zero-order valence-corrected chi connectivity index (χ0v) is 19.4. The fourth-order valence-electron chi connectivity index (χ4n) is 4.57. The molecule has 2 aliphatic rings. The van der Waals surface area contributed by atoms with E-state index in [2.05, 4.69) is 22.0 Å². The third kappa shape index (κ3) is 6.54. The molecular formula is C24H34N6O3. The fourth-order valence-corrected chi connectivity index (χ4v) is 4.57. The minimum Gasteiger partial charge on any atom is -0.490 e. The number of aromatic nitrogens is 3. The van der Waals surface area contributed by atoms with Gasteiger partial charge in [-0.3, -0.25) is 14.3 Å². The van der Waals surface area contributed by atoms with Crippen LogP contribution in [0.4, 0.5) is 0 Å². The molecule has 0 saturated carbocycles. The number of aryl methyl sites for hydroxylation is 1. The lowest BCUT2D eigenvalue weighted by Crippen LogP contribution is -2.51. The van der Waals surface area contributed by atoms with Gasteiger partial charge in [-0.15, -0.1) is 0 Å². The molecule has 0 spiro atoms. The monoisotopic (exact) mass is 454 g/mol. The van der Waals surface area contributed by atoms with Gasteiger partial charge in [0.2, 0.25) is 11.8 Å². The van der Waals surface area contributed by atoms with E-state index in [1.807, 2.05) is 40.1 Å². The third-order valence-corrected chi connectivity index (χ3v) is 6.58. The van der Waals surface area contributed by atoms with Crippen molar-refractivity contribution in [1.29, 1.82) is 0 Å². The lowest BCUT2D eigenvalue weighted by Gasteiger charge is -2.40. The van der Waals surface area contributed by atoms with Crippen LogP contribution < -0.4 is 4.74 Å². The molecule has 1 aromatic carbocycles. The van der Waals surface area contributed by atoms with Crippen molar-refractivity contribution >= 4 is 11.8 Å². The van der Waals surface area contributed by atoms with Crippen LogP contribution in [0.25, 0.3) is 0 Å². The molecule has 4 rings (SSSR count). The number of hydrogen-bond acceptors (Lipinski definition) is 6. The maximum atomic E-state index is 13.1. The summed E-state index contributed by atoms with van der Waals surface area (Å²) >= 11 is 0. The number of likely N-dealkylation sites (N-methyl/N-ethyl adjacent to an activating group) is 1. The minimum absolute atomic E-state index is 0.0228. The Balaban J connectivity index is 1.36. The first-order chi connectivity index (χ1) is 16.1. The molecule has 178 valence electrons. The lowest BCUT2D eigenvalue weighted by molar-refractivity contribution is -0.140. The Morgan fingerprint density at radius 2 is 1.82 bits per heavy atom.